The van der Waals surface area contributed by atoms with Gasteiger partial charge in [-0.1, -0.05) is 0 Å². The first-order valence-corrected chi connectivity index (χ1v) is 6.71. The predicted octanol–water partition coefficient (Wildman–Crippen LogP) is 1.61. The summed E-state index contributed by atoms with van der Waals surface area (Å²) in [5, 5.41) is 17.9. The van der Waals surface area contributed by atoms with Crippen LogP contribution in [0.4, 0.5) is 11.5 Å². The third-order valence-corrected chi connectivity index (χ3v) is 3.19. The number of hydrogen-bond donors (Lipinski definition) is 1. The highest BCUT2D eigenvalue weighted by Crippen LogP contribution is 2.46. The highest BCUT2D eigenvalue weighted by molar-refractivity contribution is 6.08. The highest BCUT2D eigenvalue weighted by Gasteiger charge is 2.32. The summed E-state index contributed by atoms with van der Waals surface area (Å²) in [6.07, 6.45) is 1.62. The van der Waals surface area contributed by atoms with Gasteiger partial charge in [0.1, 0.15) is 5.56 Å². The molecule has 0 aliphatic heterocycles. The third kappa shape index (κ3) is 3.07. The van der Waals surface area contributed by atoms with Gasteiger partial charge in [-0.25, -0.2) is 0 Å². The zero-order valence-corrected chi connectivity index (χ0v) is 13.5. The van der Waals surface area contributed by atoms with E-state index in [-0.39, 0.29) is 28.6 Å². The molecule has 0 aliphatic rings. The Labute approximate surface area is 137 Å². The maximum absolute atomic E-state index is 12.5. The first kappa shape index (κ1) is 17.1. The number of nitro groups is 1. The zero-order chi connectivity index (χ0) is 17.9. The van der Waals surface area contributed by atoms with Gasteiger partial charge in [0.25, 0.3) is 5.91 Å². The number of rotatable bonds is 6. The van der Waals surface area contributed by atoms with Gasteiger partial charge in [0.2, 0.25) is 11.5 Å². The molecule has 2 rings (SSSR count). The summed E-state index contributed by atoms with van der Waals surface area (Å²) in [6, 6.07) is 2.78. The molecule has 1 N–H and O–H groups in total. The Balaban J connectivity index is 2.58. The van der Waals surface area contributed by atoms with Crippen LogP contribution < -0.4 is 19.5 Å². The van der Waals surface area contributed by atoms with E-state index in [9.17, 15) is 14.9 Å². The summed E-state index contributed by atoms with van der Waals surface area (Å²) in [7, 11) is 5.59. The van der Waals surface area contributed by atoms with Crippen molar-refractivity contribution in [2.75, 3.05) is 26.6 Å². The molecule has 24 heavy (non-hydrogen) atoms. The molecule has 0 spiro atoms. The molecule has 1 aromatic heterocycles. The van der Waals surface area contributed by atoms with Crippen LogP contribution in [0, 0.1) is 10.1 Å². The number of hydrogen-bond acceptors (Lipinski definition) is 7. The summed E-state index contributed by atoms with van der Waals surface area (Å²) in [5.74, 6) is -0.509. The largest absolute Gasteiger partial charge is 0.493 e. The zero-order valence-electron chi connectivity index (χ0n) is 13.5. The number of nitrogens with one attached hydrogen (secondary N) is 1. The second kappa shape index (κ2) is 6.86. The Morgan fingerprint density at radius 1 is 1.25 bits per heavy atom. The number of carbonyl (C=O) groups excluding carboxylic acids is 1. The highest BCUT2D eigenvalue weighted by atomic mass is 16.6. The topological polar surface area (TPSA) is 118 Å². The van der Waals surface area contributed by atoms with Gasteiger partial charge >= 0.3 is 5.69 Å². The lowest BCUT2D eigenvalue weighted by Crippen LogP contribution is -2.16. The van der Waals surface area contributed by atoms with Crippen molar-refractivity contribution in [2.24, 2.45) is 7.05 Å². The molecular formula is C14H16N4O6. The van der Waals surface area contributed by atoms with Crippen molar-refractivity contribution in [3.05, 3.63) is 34.0 Å². The van der Waals surface area contributed by atoms with Gasteiger partial charge < -0.3 is 19.5 Å². The minimum atomic E-state index is -0.723. The van der Waals surface area contributed by atoms with Crippen LogP contribution in [0.5, 0.6) is 17.2 Å². The van der Waals surface area contributed by atoms with E-state index >= 15 is 0 Å². The van der Waals surface area contributed by atoms with Crippen LogP contribution in [0.25, 0.3) is 0 Å². The van der Waals surface area contributed by atoms with Gasteiger partial charge in [-0.15, -0.1) is 0 Å². The number of carbonyl (C=O) groups is 1. The molecule has 10 heteroatoms. The number of methoxy groups -OCH3 is 3. The lowest BCUT2D eigenvalue weighted by Gasteiger charge is -2.14. The predicted molar refractivity (Wildman–Crippen MR) is 83.9 cm³/mol. The molecule has 0 saturated carbocycles. The molecule has 2 aromatic rings. The number of nitrogens with zero attached hydrogens (tertiary/aromatic N) is 3. The van der Waals surface area contributed by atoms with Gasteiger partial charge in [0.15, 0.2) is 11.6 Å². The fourth-order valence-corrected chi connectivity index (χ4v) is 2.16. The smallest absolute Gasteiger partial charge is 0.327 e. The van der Waals surface area contributed by atoms with E-state index in [1.165, 1.54) is 32.1 Å². The Bertz CT molecular complexity index is 786. The molecule has 128 valence electrons. The molecule has 1 heterocycles. The van der Waals surface area contributed by atoms with Crippen LogP contribution in [-0.2, 0) is 7.05 Å². The van der Waals surface area contributed by atoms with E-state index < -0.39 is 16.5 Å². The summed E-state index contributed by atoms with van der Waals surface area (Å²) in [4.78, 5) is 23.2. The summed E-state index contributed by atoms with van der Waals surface area (Å²) in [5.41, 5.74) is -0.760. The van der Waals surface area contributed by atoms with E-state index in [2.05, 4.69) is 10.4 Å². The molecule has 0 saturated heterocycles. The van der Waals surface area contributed by atoms with Crippen molar-refractivity contribution in [3.8, 4) is 17.2 Å². The molecule has 0 fully saturated rings. The van der Waals surface area contributed by atoms with Crippen molar-refractivity contribution in [1.82, 2.24) is 9.78 Å². The van der Waals surface area contributed by atoms with Gasteiger partial charge in [-0.2, -0.15) is 5.10 Å². The summed E-state index contributed by atoms with van der Waals surface area (Å²) >= 11 is 0. The van der Waals surface area contributed by atoms with Crippen LogP contribution in [0.1, 0.15) is 10.4 Å². The first-order chi connectivity index (χ1) is 11.4. The van der Waals surface area contributed by atoms with Gasteiger partial charge in [0.05, 0.1) is 26.3 Å². The molecule has 1 amide bonds. The van der Waals surface area contributed by atoms with Crippen molar-refractivity contribution < 1.29 is 23.9 Å². The Kier molecular flexibility index (Phi) is 4.87. The molecule has 0 aliphatic carbocycles. The van der Waals surface area contributed by atoms with E-state index in [4.69, 9.17) is 14.2 Å². The van der Waals surface area contributed by atoms with Gasteiger partial charge in [0, 0.05) is 25.4 Å². The van der Waals surface area contributed by atoms with Gasteiger partial charge in [-0.3, -0.25) is 19.6 Å². The fourth-order valence-electron chi connectivity index (χ4n) is 2.16. The standard InChI is InChI=1S/C14H16N4O6/c1-17-6-5-10(16-17)15-14(19)8-7-9(22-2)12(23-3)13(24-4)11(8)18(20)21/h5-7H,1-4H3,(H,15,16,19). The molecule has 1 aromatic carbocycles. The number of nitro benzene ring substituents is 1. The van der Waals surface area contributed by atoms with Crippen LogP contribution >= 0.6 is 0 Å². The Morgan fingerprint density at radius 2 is 1.92 bits per heavy atom. The second-order valence-electron chi connectivity index (χ2n) is 4.63. The minimum Gasteiger partial charge on any atom is -0.493 e. The Morgan fingerprint density at radius 3 is 2.38 bits per heavy atom. The van der Waals surface area contributed by atoms with E-state index in [0.717, 1.165) is 0 Å². The van der Waals surface area contributed by atoms with Gasteiger partial charge in [-0.05, 0) is 0 Å². The SMILES string of the molecule is COc1cc(C(=O)Nc2ccn(C)n2)c([N+](=O)[O-])c(OC)c1OC. The summed E-state index contributed by atoms with van der Waals surface area (Å²) in [6.45, 7) is 0. The number of amides is 1. The monoisotopic (exact) mass is 336 g/mol. The number of anilines is 1. The molecular weight excluding hydrogens is 320 g/mol. The lowest BCUT2D eigenvalue weighted by molar-refractivity contribution is -0.386. The number of benzene rings is 1. The Hall–Kier alpha value is -3.30. The quantitative estimate of drug-likeness (QED) is 0.629. The minimum absolute atomic E-state index is 0.0288. The maximum atomic E-state index is 12.5. The third-order valence-electron chi connectivity index (χ3n) is 3.19. The second-order valence-corrected chi connectivity index (χ2v) is 4.63. The normalized spacial score (nSPS) is 10.2. The van der Waals surface area contributed by atoms with E-state index in [0.29, 0.717) is 0 Å². The first-order valence-electron chi connectivity index (χ1n) is 6.71. The molecule has 0 bridgehead atoms. The average molecular weight is 336 g/mol. The average Bonchev–Trinajstić information content (AvgIpc) is 2.96. The van der Waals surface area contributed by atoms with Crippen molar-refractivity contribution >= 4 is 17.4 Å². The fraction of sp³-hybridized carbons (Fsp3) is 0.286. The lowest BCUT2D eigenvalue weighted by atomic mass is 10.1. The van der Waals surface area contributed by atoms with E-state index in [1.807, 2.05) is 0 Å². The number of aryl methyl sites for hydroxylation is 1. The van der Waals surface area contributed by atoms with Crippen LogP contribution in [0.3, 0.4) is 0 Å². The van der Waals surface area contributed by atoms with Crippen molar-refractivity contribution in [2.45, 2.75) is 0 Å². The van der Waals surface area contributed by atoms with E-state index in [1.54, 1.807) is 19.3 Å². The molecule has 10 nitrogen and oxygen atoms in total. The number of ether oxygens (including phenoxy) is 3. The van der Waals surface area contributed by atoms with Crippen LogP contribution in [0.2, 0.25) is 0 Å². The van der Waals surface area contributed by atoms with Crippen LogP contribution in [-0.4, -0.2) is 41.9 Å². The molecule has 0 unspecified atom stereocenters. The van der Waals surface area contributed by atoms with Crippen molar-refractivity contribution in [3.63, 3.8) is 0 Å². The molecule has 0 radical (unpaired) electrons. The van der Waals surface area contributed by atoms with Crippen LogP contribution in [0.15, 0.2) is 18.3 Å². The maximum Gasteiger partial charge on any atom is 0.327 e. The van der Waals surface area contributed by atoms with Crippen molar-refractivity contribution in [1.29, 1.82) is 0 Å². The summed E-state index contributed by atoms with van der Waals surface area (Å²) < 4.78 is 16.8. The molecule has 0 atom stereocenters. The number of aromatic nitrogens is 2.